The van der Waals surface area contributed by atoms with E-state index in [4.69, 9.17) is 15.6 Å². The molecular weight excluding hydrogens is 290 g/mol. The van der Waals surface area contributed by atoms with E-state index in [1.807, 2.05) is 0 Å². The molecule has 110 valence electrons. The smallest absolute Gasteiger partial charge is 0.184 e. The molecule has 1 fully saturated rings. The van der Waals surface area contributed by atoms with E-state index in [1.165, 1.54) is 17.2 Å². The second kappa shape index (κ2) is 5.46. The molecule has 5 N–H and O–H groups in total. The van der Waals surface area contributed by atoms with E-state index >= 15 is 0 Å². The van der Waals surface area contributed by atoms with Crippen LogP contribution in [0.3, 0.4) is 0 Å². The number of rotatable bonds is 2. The van der Waals surface area contributed by atoms with E-state index in [1.54, 1.807) is 0 Å². The van der Waals surface area contributed by atoms with Crippen LogP contribution in [0.25, 0.3) is 11.5 Å². The van der Waals surface area contributed by atoms with Crippen LogP contribution in [0.5, 0.6) is 0 Å². The highest BCUT2D eigenvalue weighted by atomic mass is 35.5. The van der Waals surface area contributed by atoms with Gasteiger partial charge in [0.15, 0.2) is 12.1 Å². The second-order valence-corrected chi connectivity index (χ2v) is 4.31. The molecule has 0 aromatic heterocycles. The third-order valence-corrected chi connectivity index (χ3v) is 3.20. The molecule has 3 heterocycles. The van der Waals surface area contributed by atoms with Gasteiger partial charge in [0, 0.05) is 0 Å². The number of nitrogens with two attached hydrogens (primary N) is 1. The molecule has 4 atom stereocenters. The summed E-state index contributed by atoms with van der Waals surface area (Å²) in [5.74, 6) is 0.609. The molecule has 0 bridgehead atoms. The minimum Gasteiger partial charge on any atom is -0.394 e. The Hall–Kier alpha value is -1.52. The number of nitrogens with zero attached hydrogens (tertiary/aromatic N) is 4. The van der Waals surface area contributed by atoms with Crippen LogP contribution in [0.15, 0.2) is 12.7 Å². The van der Waals surface area contributed by atoms with Gasteiger partial charge in [0.05, 0.1) is 6.61 Å². The van der Waals surface area contributed by atoms with Crippen molar-refractivity contribution in [3.05, 3.63) is 12.7 Å². The first-order valence-electron chi connectivity index (χ1n) is 5.69. The van der Waals surface area contributed by atoms with Crippen molar-refractivity contribution >= 4 is 18.2 Å². The third kappa shape index (κ3) is 2.09. The molecule has 3 aliphatic heterocycles. The van der Waals surface area contributed by atoms with E-state index in [2.05, 4.69) is 15.0 Å². The Morgan fingerprint density at radius 2 is 2.00 bits per heavy atom. The maximum absolute atomic E-state index is 9.93. The number of hydrogen-bond donors (Lipinski definition) is 4. The van der Waals surface area contributed by atoms with E-state index in [0.717, 1.165) is 0 Å². The molecule has 1 saturated heterocycles. The fourth-order valence-electron chi connectivity index (χ4n) is 2.15. The van der Waals surface area contributed by atoms with Crippen LogP contribution >= 0.6 is 12.4 Å². The summed E-state index contributed by atoms with van der Waals surface area (Å²) in [5, 5.41) is 28.7. The number of halogens is 1. The molecule has 0 unspecified atom stereocenters. The lowest BCUT2D eigenvalue weighted by atomic mass is 10.1. The Labute approximate surface area is 119 Å². The van der Waals surface area contributed by atoms with Gasteiger partial charge in [-0.2, -0.15) is 0 Å². The van der Waals surface area contributed by atoms with Gasteiger partial charge < -0.3 is 25.8 Å². The standard InChI is InChI=1S/C10H13N5O4.ClH/c11-8-5-9(13-2-12-5)14-3-15(8)10-7(18)6(17)4(1-16)19-10;/h2-4,6-7,10,16-18H,1,11H2;1H/t4-,6-,7+,10-;/m1./s1. The minimum absolute atomic E-state index is 0. The number of aromatic nitrogens is 4. The fraction of sp³-hybridized carbons (Fsp3) is 0.500. The number of fused-ring (bicyclic) bond motifs is 1. The van der Waals surface area contributed by atoms with E-state index in [0.29, 0.717) is 11.5 Å². The van der Waals surface area contributed by atoms with Gasteiger partial charge in [0.1, 0.15) is 42.5 Å². The van der Waals surface area contributed by atoms with E-state index in [-0.39, 0.29) is 18.2 Å². The summed E-state index contributed by atoms with van der Waals surface area (Å²) >= 11 is 0. The van der Waals surface area contributed by atoms with Crippen LogP contribution in [0.4, 0.5) is 5.82 Å². The highest BCUT2D eigenvalue weighted by molar-refractivity contribution is 5.85. The number of aliphatic hydroxyl groups is 3. The number of imidazole rings is 1. The lowest BCUT2D eigenvalue weighted by Gasteiger charge is -2.21. The molecule has 0 aromatic rings. The maximum Gasteiger partial charge on any atom is 0.184 e. The summed E-state index contributed by atoms with van der Waals surface area (Å²) in [6.07, 6.45) is -1.52. The second-order valence-electron chi connectivity index (χ2n) is 4.31. The van der Waals surface area contributed by atoms with E-state index < -0.39 is 31.1 Å². The highest BCUT2D eigenvalue weighted by Crippen LogP contribution is 2.33. The quantitative estimate of drug-likeness (QED) is 0.520. The van der Waals surface area contributed by atoms with Crippen molar-refractivity contribution in [2.24, 2.45) is 0 Å². The molecule has 10 heteroatoms. The molecule has 3 rings (SSSR count). The van der Waals surface area contributed by atoms with Crippen LogP contribution in [0.2, 0.25) is 0 Å². The topological polar surface area (TPSA) is 140 Å². The normalized spacial score (nSPS) is 29.6. The summed E-state index contributed by atoms with van der Waals surface area (Å²) in [7, 11) is 0. The largest absolute Gasteiger partial charge is 0.394 e. The van der Waals surface area contributed by atoms with Crippen LogP contribution in [-0.2, 0) is 4.74 Å². The molecule has 0 saturated carbocycles. The summed E-state index contributed by atoms with van der Waals surface area (Å²) < 4.78 is 6.73. The van der Waals surface area contributed by atoms with Gasteiger partial charge in [-0.25, -0.2) is 15.0 Å². The van der Waals surface area contributed by atoms with Crippen LogP contribution in [0, 0.1) is 0 Å². The van der Waals surface area contributed by atoms with Crippen LogP contribution in [0.1, 0.15) is 6.23 Å². The van der Waals surface area contributed by atoms with Crippen molar-refractivity contribution in [2.75, 3.05) is 12.3 Å². The monoisotopic (exact) mass is 303 g/mol. The van der Waals surface area contributed by atoms with Gasteiger partial charge in [-0.15, -0.1) is 12.4 Å². The zero-order valence-electron chi connectivity index (χ0n) is 10.2. The summed E-state index contributed by atoms with van der Waals surface area (Å²) in [4.78, 5) is 11.9. The number of aliphatic hydroxyl groups excluding tert-OH is 3. The van der Waals surface area contributed by atoms with Crippen molar-refractivity contribution < 1.29 is 20.1 Å². The van der Waals surface area contributed by atoms with Crippen LogP contribution in [-0.4, -0.2) is 59.8 Å². The van der Waals surface area contributed by atoms with Crippen LogP contribution < -0.4 is 5.73 Å². The van der Waals surface area contributed by atoms with Gasteiger partial charge in [0.2, 0.25) is 0 Å². The predicted octanol–water partition coefficient (Wildman–Crippen LogP) is -1.61. The van der Waals surface area contributed by atoms with E-state index in [9.17, 15) is 10.2 Å². The lowest BCUT2D eigenvalue weighted by Crippen LogP contribution is -2.33. The zero-order chi connectivity index (χ0) is 13.6. The molecule has 20 heavy (non-hydrogen) atoms. The molecule has 0 aliphatic carbocycles. The zero-order valence-corrected chi connectivity index (χ0v) is 11.0. The molecular formula is C10H14ClN5O4. The van der Waals surface area contributed by atoms with Crippen molar-refractivity contribution in [2.45, 2.75) is 24.5 Å². The highest BCUT2D eigenvalue weighted by Gasteiger charge is 2.44. The van der Waals surface area contributed by atoms with Gasteiger partial charge in [-0.3, -0.25) is 4.57 Å². The molecule has 3 aliphatic rings. The van der Waals surface area contributed by atoms with Gasteiger partial charge >= 0.3 is 0 Å². The average molecular weight is 304 g/mol. The lowest BCUT2D eigenvalue weighted by molar-refractivity contribution is -0.0523. The summed E-state index contributed by atoms with van der Waals surface area (Å²) in [6.45, 7) is -0.402. The average Bonchev–Trinajstić information content (AvgIpc) is 2.98. The third-order valence-electron chi connectivity index (χ3n) is 3.20. The van der Waals surface area contributed by atoms with Crippen molar-refractivity contribution in [3.63, 3.8) is 0 Å². The first-order valence-corrected chi connectivity index (χ1v) is 5.69. The Kier molecular flexibility index (Phi) is 4.06. The fourth-order valence-corrected chi connectivity index (χ4v) is 2.15. The first kappa shape index (κ1) is 14.9. The molecule has 9 nitrogen and oxygen atoms in total. The van der Waals surface area contributed by atoms with Crippen molar-refractivity contribution in [1.82, 2.24) is 19.5 Å². The Balaban J connectivity index is 0.00000147. The summed E-state index contributed by atoms with van der Waals surface area (Å²) in [5.41, 5.74) is 6.31. The van der Waals surface area contributed by atoms with Gasteiger partial charge in [0.25, 0.3) is 0 Å². The predicted molar refractivity (Wildman–Crippen MR) is 69.1 cm³/mol. The molecule has 0 aromatic carbocycles. The Morgan fingerprint density at radius 1 is 1.25 bits per heavy atom. The first-order chi connectivity index (χ1) is 9.13. The van der Waals surface area contributed by atoms with Crippen molar-refractivity contribution in [1.29, 1.82) is 0 Å². The SMILES string of the molecule is Cl.Nc1c2ncnc-2ncn1[C@@H]1O[C@H](CO)[C@@H](O)[C@@H]1O. The summed E-state index contributed by atoms with van der Waals surface area (Å²) in [6, 6.07) is 0. The number of ether oxygens (including phenoxy) is 1. The Bertz CT molecular complexity index is 567. The number of anilines is 1. The number of hydrogen-bond acceptors (Lipinski definition) is 8. The molecule has 0 amide bonds. The number of nitrogen functional groups attached to an aromatic ring is 1. The van der Waals surface area contributed by atoms with Crippen molar-refractivity contribution in [3.8, 4) is 11.5 Å². The molecule has 0 radical (unpaired) electrons. The maximum atomic E-state index is 9.93. The van der Waals surface area contributed by atoms with Gasteiger partial charge in [-0.05, 0) is 0 Å². The Morgan fingerprint density at radius 3 is 2.65 bits per heavy atom. The minimum atomic E-state index is -1.22. The molecule has 0 spiro atoms. The van der Waals surface area contributed by atoms with Gasteiger partial charge in [-0.1, -0.05) is 0 Å².